The molecule has 2 N–H and O–H groups in total. The second-order valence-corrected chi connectivity index (χ2v) is 10.4. The lowest BCUT2D eigenvalue weighted by Crippen LogP contribution is -2.45. The van der Waals surface area contributed by atoms with Gasteiger partial charge in [-0.15, -0.1) is 0 Å². The van der Waals surface area contributed by atoms with Gasteiger partial charge in [0.15, 0.2) is 0 Å². The van der Waals surface area contributed by atoms with Gasteiger partial charge in [0.1, 0.15) is 11.6 Å². The number of carbonyl (C=O) groups is 1. The fourth-order valence-electron chi connectivity index (χ4n) is 4.66. The SMILES string of the molecule is Cc1cc([C@@](C)(NC(=O)c2cc(Cn3ccn(C)c3=N)cc(OCC3CC3)c2)C2CC2)ccc1F. The molecule has 0 saturated heterocycles. The van der Waals surface area contributed by atoms with E-state index in [2.05, 4.69) is 5.32 Å². The zero-order valence-corrected chi connectivity index (χ0v) is 20.6. The Bertz CT molecular complexity index is 1320. The minimum Gasteiger partial charge on any atom is -0.493 e. The molecule has 1 heterocycles. The summed E-state index contributed by atoms with van der Waals surface area (Å²) in [5.74, 6) is 1.17. The first-order valence-electron chi connectivity index (χ1n) is 12.3. The molecule has 2 saturated carbocycles. The maximum Gasteiger partial charge on any atom is 0.252 e. The number of nitrogens with one attached hydrogen (secondary N) is 2. The number of nitrogens with zero attached hydrogens (tertiary/aromatic N) is 2. The predicted octanol–water partition coefficient (Wildman–Crippen LogP) is 4.65. The van der Waals surface area contributed by atoms with E-state index in [1.807, 2.05) is 55.2 Å². The summed E-state index contributed by atoms with van der Waals surface area (Å²) >= 11 is 0. The van der Waals surface area contributed by atoms with Crippen LogP contribution in [0.25, 0.3) is 0 Å². The molecule has 1 atom stereocenters. The first-order valence-corrected chi connectivity index (χ1v) is 12.3. The molecule has 1 amide bonds. The van der Waals surface area contributed by atoms with E-state index in [0.29, 0.717) is 47.5 Å². The number of hydrogen-bond donors (Lipinski definition) is 2. The van der Waals surface area contributed by atoms with E-state index in [1.165, 1.54) is 18.9 Å². The lowest BCUT2D eigenvalue weighted by atomic mass is 9.85. The lowest BCUT2D eigenvalue weighted by molar-refractivity contribution is 0.0891. The van der Waals surface area contributed by atoms with E-state index in [4.69, 9.17) is 10.1 Å². The van der Waals surface area contributed by atoms with Gasteiger partial charge in [0, 0.05) is 25.0 Å². The Morgan fingerprint density at radius 2 is 1.94 bits per heavy atom. The second kappa shape index (κ2) is 9.02. The summed E-state index contributed by atoms with van der Waals surface area (Å²) in [4.78, 5) is 13.6. The Hall–Kier alpha value is -3.35. The summed E-state index contributed by atoms with van der Waals surface area (Å²) in [7, 11) is 1.84. The van der Waals surface area contributed by atoms with E-state index in [1.54, 1.807) is 17.6 Å². The number of benzene rings is 2. The minimum atomic E-state index is -0.580. The Kier molecular flexibility index (Phi) is 6.03. The van der Waals surface area contributed by atoms with Crippen molar-refractivity contribution in [3.05, 3.63) is 82.5 Å². The van der Waals surface area contributed by atoms with Crippen LogP contribution < -0.4 is 15.7 Å². The van der Waals surface area contributed by atoms with Gasteiger partial charge in [-0.2, -0.15) is 0 Å². The molecule has 0 unspecified atom stereocenters. The van der Waals surface area contributed by atoms with E-state index >= 15 is 0 Å². The van der Waals surface area contributed by atoms with Crippen LogP contribution >= 0.6 is 0 Å². The Labute approximate surface area is 205 Å². The van der Waals surface area contributed by atoms with Crippen LogP contribution in [0.3, 0.4) is 0 Å². The van der Waals surface area contributed by atoms with Crippen molar-refractivity contribution in [2.75, 3.05) is 6.61 Å². The van der Waals surface area contributed by atoms with Gasteiger partial charge in [-0.05, 0) is 92.3 Å². The fraction of sp³-hybridized carbons (Fsp3) is 0.429. The Morgan fingerprint density at radius 3 is 2.57 bits per heavy atom. The monoisotopic (exact) mass is 476 g/mol. The number of hydrogen-bond acceptors (Lipinski definition) is 3. The molecule has 6 nitrogen and oxygen atoms in total. The summed E-state index contributed by atoms with van der Waals surface area (Å²) in [5.41, 5.74) is 2.73. The van der Waals surface area contributed by atoms with Crippen LogP contribution in [0, 0.1) is 30.0 Å². The van der Waals surface area contributed by atoms with Crippen molar-refractivity contribution in [2.45, 2.75) is 51.6 Å². The normalized spacial score (nSPS) is 17.1. The molecule has 0 aliphatic heterocycles. The highest BCUT2D eigenvalue weighted by molar-refractivity contribution is 5.95. The molecule has 3 aromatic rings. The van der Waals surface area contributed by atoms with Gasteiger partial charge >= 0.3 is 0 Å². The van der Waals surface area contributed by atoms with E-state index < -0.39 is 5.54 Å². The molecule has 2 fully saturated rings. The maximum atomic E-state index is 13.9. The highest BCUT2D eigenvalue weighted by Crippen LogP contribution is 2.46. The molecule has 7 heteroatoms. The zero-order valence-electron chi connectivity index (χ0n) is 20.6. The molecular formula is C28H33FN4O2. The highest BCUT2D eigenvalue weighted by atomic mass is 19.1. The third-order valence-electron chi connectivity index (χ3n) is 7.37. The second-order valence-electron chi connectivity index (χ2n) is 10.4. The molecule has 5 rings (SSSR count). The van der Waals surface area contributed by atoms with Crippen molar-refractivity contribution in [3.63, 3.8) is 0 Å². The number of aromatic nitrogens is 2. The molecule has 35 heavy (non-hydrogen) atoms. The quantitative estimate of drug-likeness (QED) is 0.472. The smallest absolute Gasteiger partial charge is 0.252 e. The largest absolute Gasteiger partial charge is 0.493 e. The topological polar surface area (TPSA) is 72.0 Å². The predicted molar refractivity (Wildman–Crippen MR) is 132 cm³/mol. The first-order chi connectivity index (χ1) is 16.7. The molecule has 2 aliphatic rings. The maximum absolute atomic E-state index is 13.9. The number of halogens is 1. The van der Waals surface area contributed by atoms with Crippen LogP contribution in [0.15, 0.2) is 48.8 Å². The van der Waals surface area contributed by atoms with Crippen molar-refractivity contribution < 1.29 is 13.9 Å². The van der Waals surface area contributed by atoms with Gasteiger partial charge < -0.3 is 19.2 Å². The van der Waals surface area contributed by atoms with Gasteiger partial charge in [-0.3, -0.25) is 10.2 Å². The Morgan fingerprint density at radius 1 is 1.17 bits per heavy atom. The average Bonchev–Trinajstić information content (AvgIpc) is 3.75. The van der Waals surface area contributed by atoms with Crippen LogP contribution in [0.4, 0.5) is 4.39 Å². The van der Waals surface area contributed by atoms with Crippen molar-refractivity contribution in [1.82, 2.24) is 14.5 Å². The third-order valence-corrected chi connectivity index (χ3v) is 7.37. The molecule has 2 aliphatic carbocycles. The van der Waals surface area contributed by atoms with Crippen LogP contribution in [0.2, 0.25) is 0 Å². The van der Waals surface area contributed by atoms with Gasteiger partial charge in [0.25, 0.3) is 5.91 Å². The molecule has 0 bridgehead atoms. The van der Waals surface area contributed by atoms with Gasteiger partial charge in [-0.25, -0.2) is 4.39 Å². The summed E-state index contributed by atoms with van der Waals surface area (Å²) in [6, 6.07) is 10.8. The van der Waals surface area contributed by atoms with Crippen molar-refractivity contribution >= 4 is 5.91 Å². The van der Waals surface area contributed by atoms with Crippen LogP contribution in [-0.4, -0.2) is 21.6 Å². The molecule has 1 aromatic heterocycles. The van der Waals surface area contributed by atoms with Crippen molar-refractivity contribution in [2.24, 2.45) is 18.9 Å². The zero-order chi connectivity index (χ0) is 24.7. The molecule has 184 valence electrons. The summed E-state index contributed by atoms with van der Waals surface area (Å²) in [6.45, 7) is 4.91. The van der Waals surface area contributed by atoms with Gasteiger partial charge in [0.05, 0.1) is 18.7 Å². The molecular weight excluding hydrogens is 443 g/mol. The van der Waals surface area contributed by atoms with Crippen LogP contribution in [-0.2, 0) is 19.1 Å². The van der Waals surface area contributed by atoms with Crippen LogP contribution in [0.1, 0.15) is 59.7 Å². The number of rotatable bonds is 9. The fourth-order valence-corrected chi connectivity index (χ4v) is 4.66. The molecule has 0 spiro atoms. The number of carbonyl (C=O) groups excluding carboxylic acids is 1. The summed E-state index contributed by atoms with van der Waals surface area (Å²) in [5, 5.41) is 11.5. The van der Waals surface area contributed by atoms with Gasteiger partial charge in [0.2, 0.25) is 5.62 Å². The van der Waals surface area contributed by atoms with E-state index in [-0.39, 0.29) is 11.7 Å². The number of aryl methyl sites for hydroxylation is 2. The number of imidazole rings is 1. The van der Waals surface area contributed by atoms with Crippen LogP contribution in [0.5, 0.6) is 5.75 Å². The molecule has 2 aromatic carbocycles. The average molecular weight is 477 g/mol. The molecule has 0 radical (unpaired) electrons. The van der Waals surface area contributed by atoms with E-state index in [9.17, 15) is 9.18 Å². The number of amides is 1. The van der Waals surface area contributed by atoms with Crippen molar-refractivity contribution in [3.8, 4) is 5.75 Å². The highest BCUT2D eigenvalue weighted by Gasteiger charge is 2.44. The van der Waals surface area contributed by atoms with Gasteiger partial charge in [-0.1, -0.05) is 12.1 Å². The third kappa shape index (κ3) is 5.04. The summed E-state index contributed by atoms with van der Waals surface area (Å²) in [6.07, 6.45) is 8.13. The Balaban J connectivity index is 1.44. The first kappa shape index (κ1) is 23.4. The number of ether oxygens (including phenoxy) is 1. The minimum absolute atomic E-state index is 0.177. The lowest BCUT2D eigenvalue weighted by Gasteiger charge is -2.32. The summed E-state index contributed by atoms with van der Waals surface area (Å²) < 4.78 is 23.6. The standard InChI is InChI=1S/C28H33FN4O2/c1-18-12-23(8-9-25(18)29)28(2,22-6-7-22)31-26(34)21-13-20(16-33-11-10-32(3)27(33)30)14-24(15-21)35-17-19-4-5-19/h8-15,19,22,30H,4-7,16-17H2,1-3H3,(H,31,34)/t28-/m0/s1. The van der Waals surface area contributed by atoms with E-state index in [0.717, 1.165) is 24.0 Å². The van der Waals surface area contributed by atoms with Crippen molar-refractivity contribution in [1.29, 1.82) is 5.41 Å².